The Morgan fingerprint density at radius 3 is 2.57 bits per heavy atom. The first-order chi connectivity index (χ1) is 9.94. The highest BCUT2D eigenvalue weighted by Crippen LogP contribution is 2.37. The number of ether oxygens (including phenoxy) is 2. The molecular formula is C16H22N2O3. The maximum atomic E-state index is 5.57. The van der Waals surface area contributed by atoms with E-state index in [0.717, 1.165) is 11.3 Å². The molecule has 0 radical (unpaired) electrons. The van der Waals surface area contributed by atoms with Crippen molar-refractivity contribution >= 4 is 0 Å². The van der Waals surface area contributed by atoms with Crippen LogP contribution in [0.3, 0.4) is 0 Å². The fraction of sp³-hybridized carbons (Fsp3) is 0.438. The van der Waals surface area contributed by atoms with Gasteiger partial charge in [-0.1, -0.05) is 6.07 Å². The molecule has 114 valence electrons. The average Bonchev–Trinajstić information content (AvgIpc) is 2.92. The van der Waals surface area contributed by atoms with Gasteiger partial charge in [0, 0.05) is 12.1 Å². The van der Waals surface area contributed by atoms with Crippen molar-refractivity contribution in [2.45, 2.75) is 32.9 Å². The van der Waals surface area contributed by atoms with Gasteiger partial charge in [-0.2, -0.15) is 0 Å². The van der Waals surface area contributed by atoms with Crippen molar-refractivity contribution in [2.75, 3.05) is 14.2 Å². The summed E-state index contributed by atoms with van der Waals surface area (Å²) in [6.07, 6.45) is 1.66. The second kappa shape index (κ2) is 6.18. The van der Waals surface area contributed by atoms with Gasteiger partial charge in [-0.15, -0.1) is 0 Å². The topological polar surface area (TPSA) is 56.5 Å². The first-order valence-electron chi connectivity index (χ1n) is 6.85. The van der Waals surface area contributed by atoms with Crippen molar-refractivity contribution in [2.24, 2.45) is 0 Å². The van der Waals surface area contributed by atoms with Gasteiger partial charge in [0.05, 0.1) is 25.5 Å². The second-order valence-corrected chi connectivity index (χ2v) is 5.79. The standard InChI is InChI=1S/C16H22N2O3/c1-16(2,3)17-9-11-10-21-15(18-11)12-7-6-8-13(19-4)14(12)20-5/h6-8,10,17H,9H2,1-5H3. The molecule has 0 bridgehead atoms. The number of benzene rings is 1. The van der Waals surface area contributed by atoms with Crippen LogP contribution in [0.5, 0.6) is 11.5 Å². The van der Waals surface area contributed by atoms with Crippen molar-refractivity contribution in [3.05, 3.63) is 30.2 Å². The van der Waals surface area contributed by atoms with Crippen molar-refractivity contribution in [1.29, 1.82) is 0 Å². The van der Waals surface area contributed by atoms with Gasteiger partial charge in [0.1, 0.15) is 6.26 Å². The van der Waals surface area contributed by atoms with Gasteiger partial charge in [0.15, 0.2) is 11.5 Å². The molecule has 0 fully saturated rings. The number of hydrogen-bond donors (Lipinski definition) is 1. The zero-order valence-corrected chi connectivity index (χ0v) is 13.2. The number of methoxy groups -OCH3 is 2. The predicted molar refractivity (Wildman–Crippen MR) is 81.6 cm³/mol. The molecule has 0 spiro atoms. The largest absolute Gasteiger partial charge is 0.493 e. The Kier molecular flexibility index (Phi) is 4.53. The van der Waals surface area contributed by atoms with Gasteiger partial charge in [0.25, 0.3) is 0 Å². The molecule has 0 amide bonds. The highest BCUT2D eigenvalue weighted by Gasteiger charge is 2.17. The van der Waals surface area contributed by atoms with E-state index in [4.69, 9.17) is 13.9 Å². The Morgan fingerprint density at radius 1 is 1.19 bits per heavy atom. The molecule has 0 saturated heterocycles. The van der Waals surface area contributed by atoms with E-state index in [1.165, 1.54) is 0 Å². The third kappa shape index (κ3) is 3.76. The normalized spacial score (nSPS) is 11.5. The van der Waals surface area contributed by atoms with Crippen LogP contribution in [0.1, 0.15) is 26.5 Å². The van der Waals surface area contributed by atoms with E-state index in [2.05, 4.69) is 31.1 Å². The quantitative estimate of drug-likeness (QED) is 0.916. The van der Waals surface area contributed by atoms with E-state index in [1.54, 1.807) is 20.5 Å². The van der Waals surface area contributed by atoms with Crippen LogP contribution in [0.2, 0.25) is 0 Å². The van der Waals surface area contributed by atoms with Crippen molar-refractivity contribution in [3.8, 4) is 23.0 Å². The Labute approximate surface area is 125 Å². The van der Waals surface area contributed by atoms with E-state index in [1.807, 2.05) is 18.2 Å². The Bertz CT molecular complexity index is 600. The van der Waals surface area contributed by atoms with Crippen LogP contribution in [0.4, 0.5) is 0 Å². The number of nitrogens with one attached hydrogen (secondary N) is 1. The molecule has 0 unspecified atom stereocenters. The zero-order chi connectivity index (χ0) is 15.5. The van der Waals surface area contributed by atoms with Crippen LogP contribution >= 0.6 is 0 Å². The fourth-order valence-electron chi connectivity index (χ4n) is 1.92. The maximum absolute atomic E-state index is 5.57. The van der Waals surface area contributed by atoms with E-state index in [0.29, 0.717) is 23.9 Å². The van der Waals surface area contributed by atoms with E-state index in [-0.39, 0.29) is 5.54 Å². The first-order valence-corrected chi connectivity index (χ1v) is 6.85. The molecule has 2 aromatic rings. The van der Waals surface area contributed by atoms with Gasteiger partial charge in [-0.25, -0.2) is 4.98 Å². The first kappa shape index (κ1) is 15.4. The van der Waals surface area contributed by atoms with Crippen LogP contribution in [-0.4, -0.2) is 24.7 Å². The Morgan fingerprint density at radius 2 is 1.95 bits per heavy atom. The molecule has 5 nitrogen and oxygen atoms in total. The van der Waals surface area contributed by atoms with E-state index >= 15 is 0 Å². The Balaban J connectivity index is 2.25. The molecule has 1 N–H and O–H groups in total. The molecule has 1 aromatic carbocycles. The van der Waals surface area contributed by atoms with Crippen molar-refractivity contribution < 1.29 is 13.9 Å². The summed E-state index contributed by atoms with van der Waals surface area (Å²) in [6.45, 7) is 6.98. The lowest BCUT2D eigenvalue weighted by Crippen LogP contribution is -2.35. The summed E-state index contributed by atoms with van der Waals surface area (Å²) < 4.78 is 16.3. The minimum atomic E-state index is 0.0345. The molecule has 1 aromatic heterocycles. The highest BCUT2D eigenvalue weighted by atomic mass is 16.5. The molecule has 0 aliphatic carbocycles. The molecule has 21 heavy (non-hydrogen) atoms. The third-order valence-electron chi connectivity index (χ3n) is 2.98. The summed E-state index contributed by atoms with van der Waals surface area (Å²) in [5.74, 6) is 1.80. The molecule has 0 aliphatic heterocycles. The lowest BCUT2D eigenvalue weighted by molar-refractivity contribution is 0.355. The van der Waals surface area contributed by atoms with Crippen LogP contribution < -0.4 is 14.8 Å². The van der Waals surface area contributed by atoms with Crippen molar-refractivity contribution in [3.63, 3.8) is 0 Å². The van der Waals surface area contributed by atoms with Crippen LogP contribution in [0, 0.1) is 0 Å². The molecular weight excluding hydrogens is 268 g/mol. The van der Waals surface area contributed by atoms with Gasteiger partial charge < -0.3 is 19.2 Å². The summed E-state index contributed by atoms with van der Waals surface area (Å²) in [5, 5.41) is 3.38. The monoisotopic (exact) mass is 290 g/mol. The van der Waals surface area contributed by atoms with Crippen LogP contribution in [0.25, 0.3) is 11.5 Å². The fourth-order valence-corrected chi connectivity index (χ4v) is 1.92. The summed E-state index contributed by atoms with van der Waals surface area (Å²) in [5.41, 5.74) is 1.66. The highest BCUT2D eigenvalue weighted by molar-refractivity contribution is 5.67. The number of rotatable bonds is 5. The Hall–Kier alpha value is -2.01. The number of aromatic nitrogens is 1. The lowest BCUT2D eigenvalue weighted by atomic mass is 10.1. The number of nitrogens with zero attached hydrogens (tertiary/aromatic N) is 1. The van der Waals surface area contributed by atoms with Gasteiger partial charge in [0.2, 0.25) is 5.89 Å². The smallest absolute Gasteiger partial charge is 0.230 e. The summed E-state index contributed by atoms with van der Waals surface area (Å²) in [6, 6.07) is 5.62. The van der Waals surface area contributed by atoms with Crippen LogP contribution in [-0.2, 0) is 6.54 Å². The predicted octanol–water partition coefficient (Wildman–Crippen LogP) is 3.25. The number of para-hydroxylation sites is 1. The third-order valence-corrected chi connectivity index (χ3v) is 2.98. The second-order valence-electron chi connectivity index (χ2n) is 5.79. The lowest BCUT2D eigenvalue weighted by Gasteiger charge is -2.19. The number of hydrogen-bond acceptors (Lipinski definition) is 5. The minimum Gasteiger partial charge on any atom is -0.493 e. The molecule has 0 saturated carbocycles. The van der Waals surface area contributed by atoms with Crippen LogP contribution in [0.15, 0.2) is 28.9 Å². The van der Waals surface area contributed by atoms with Gasteiger partial charge in [-0.05, 0) is 32.9 Å². The summed E-state index contributed by atoms with van der Waals surface area (Å²) >= 11 is 0. The molecule has 0 atom stereocenters. The van der Waals surface area contributed by atoms with E-state index in [9.17, 15) is 0 Å². The summed E-state index contributed by atoms with van der Waals surface area (Å²) in [7, 11) is 3.21. The van der Waals surface area contributed by atoms with E-state index < -0.39 is 0 Å². The number of oxazole rings is 1. The molecule has 1 heterocycles. The average molecular weight is 290 g/mol. The maximum Gasteiger partial charge on any atom is 0.230 e. The zero-order valence-electron chi connectivity index (χ0n) is 13.2. The molecule has 2 rings (SSSR count). The SMILES string of the molecule is COc1cccc(-c2nc(CNC(C)(C)C)co2)c1OC. The minimum absolute atomic E-state index is 0.0345. The molecule has 5 heteroatoms. The molecule has 0 aliphatic rings. The van der Waals surface area contributed by atoms with Gasteiger partial charge in [-0.3, -0.25) is 0 Å². The summed E-state index contributed by atoms with van der Waals surface area (Å²) in [4.78, 5) is 4.50. The van der Waals surface area contributed by atoms with Crippen molar-refractivity contribution in [1.82, 2.24) is 10.3 Å². The van der Waals surface area contributed by atoms with Gasteiger partial charge >= 0.3 is 0 Å².